The molecule has 36 heavy (non-hydrogen) atoms. The van der Waals surface area contributed by atoms with Crippen LogP contribution in [0.15, 0.2) is 85.5 Å². The molecule has 0 aliphatic rings. The number of aromatic nitrogens is 5. The molecule has 0 saturated heterocycles. The lowest BCUT2D eigenvalue weighted by Crippen LogP contribution is -2.29. The summed E-state index contributed by atoms with van der Waals surface area (Å²) in [5.74, 6) is 1.86. The van der Waals surface area contributed by atoms with Crippen molar-refractivity contribution in [2.75, 3.05) is 0 Å². The van der Waals surface area contributed by atoms with Crippen molar-refractivity contribution in [2.24, 2.45) is 7.05 Å². The molecule has 5 rings (SSSR count). The van der Waals surface area contributed by atoms with Gasteiger partial charge in [-0.25, -0.2) is 4.57 Å². The molecule has 0 aliphatic heterocycles. The SMILES string of the molecule is Cc1ccc(-n2nccn2)cc1-c1n(-c2c(C(C)C)cc(-c3ccccc3)cc2C(C)C)cc[n+]1C. The van der Waals surface area contributed by atoms with Gasteiger partial charge in [0.05, 0.1) is 30.7 Å². The van der Waals surface area contributed by atoms with E-state index in [4.69, 9.17) is 0 Å². The van der Waals surface area contributed by atoms with Crippen molar-refractivity contribution in [3.05, 3.63) is 102 Å². The zero-order chi connectivity index (χ0) is 25.4. The molecular formula is C31H34N5+. The van der Waals surface area contributed by atoms with E-state index in [0.29, 0.717) is 11.8 Å². The molecule has 2 heterocycles. The van der Waals surface area contributed by atoms with Crippen LogP contribution in [0, 0.1) is 6.92 Å². The predicted molar refractivity (Wildman–Crippen MR) is 146 cm³/mol. The van der Waals surface area contributed by atoms with E-state index in [-0.39, 0.29) is 0 Å². The summed E-state index contributed by atoms with van der Waals surface area (Å²) in [6.07, 6.45) is 7.76. The first-order valence-corrected chi connectivity index (χ1v) is 12.6. The molecule has 5 nitrogen and oxygen atoms in total. The quantitative estimate of drug-likeness (QED) is 0.254. The zero-order valence-electron chi connectivity index (χ0n) is 22.0. The smallest absolute Gasteiger partial charge is 0.232 e. The van der Waals surface area contributed by atoms with Gasteiger partial charge in [-0.3, -0.25) is 0 Å². The van der Waals surface area contributed by atoms with Crippen molar-refractivity contribution < 1.29 is 4.57 Å². The monoisotopic (exact) mass is 476 g/mol. The summed E-state index contributed by atoms with van der Waals surface area (Å²) < 4.78 is 4.59. The summed E-state index contributed by atoms with van der Waals surface area (Å²) in [6.45, 7) is 11.3. The highest BCUT2D eigenvalue weighted by Gasteiger charge is 2.28. The van der Waals surface area contributed by atoms with Gasteiger partial charge in [-0.15, -0.1) is 0 Å². The second-order valence-corrected chi connectivity index (χ2v) is 10.1. The van der Waals surface area contributed by atoms with E-state index in [1.54, 1.807) is 17.2 Å². The third-order valence-corrected chi connectivity index (χ3v) is 6.87. The molecule has 0 N–H and O–H groups in total. The maximum absolute atomic E-state index is 4.35. The third kappa shape index (κ3) is 4.26. The van der Waals surface area contributed by atoms with Crippen LogP contribution in [0.25, 0.3) is 33.9 Å². The van der Waals surface area contributed by atoms with E-state index in [0.717, 1.165) is 17.1 Å². The molecule has 0 spiro atoms. The summed E-state index contributed by atoms with van der Waals surface area (Å²) >= 11 is 0. The first kappa shape index (κ1) is 23.7. The van der Waals surface area contributed by atoms with Crippen molar-refractivity contribution >= 4 is 0 Å². The Balaban J connectivity index is 1.77. The van der Waals surface area contributed by atoms with E-state index < -0.39 is 0 Å². The van der Waals surface area contributed by atoms with Crippen molar-refractivity contribution in [3.63, 3.8) is 0 Å². The molecule has 0 fully saturated rings. The van der Waals surface area contributed by atoms with Crippen molar-refractivity contribution in [1.29, 1.82) is 0 Å². The van der Waals surface area contributed by atoms with Crippen LogP contribution in [-0.4, -0.2) is 19.6 Å². The molecule has 5 aromatic rings. The number of hydrogen-bond acceptors (Lipinski definition) is 2. The minimum atomic E-state index is 0.363. The Labute approximate surface area is 213 Å². The van der Waals surface area contributed by atoms with E-state index in [1.807, 2.05) is 0 Å². The highest BCUT2D eigenvalue weighted by Crippen LogP contribution is 2.38. The largest absolute Gasteiger partial charge is 0.294 e. The van der Waals surface area contributed by atoms with Gasteiger partial charge in [-0.2, -0.15) is 19.6 Å². The van der Waals surface area contributed by atoms with E-state index >= 15 is 0 Å². The maximum Gasteiger partial charge on any atom is 0.294 e. The van der Waals surface area contributed by atoms with Gasteiger partial charge in [0.25, 0.3) is 5.82 Å². The Bertz CT molecular complexity index is 1460. The van der Waals surface area contributed by atoms with Crippen LogP contribution in [0.2, 0.25) is 0 Å². The van der Waals surface area contributed by atoms with Gasteiger partial charge in [0.1, 0.15) is 18.1 Å². The number of aryl methyl sites for hydroxylation is 2. The van der Waals surface area contributed by atoms with Crippen LogP contribution < -0.4 is 4.57 Å². The average molecular weight is 477 g/mol. The number of imidazole rings is 1. The van der Waals surface area contributed by atoms with E-state index in [1.165, 1.54) is 33.5 Å². The van der Waals surface area contributed by atoms with Crippen LogP contribution in [0.4, 0.5) is 0 Å². The van der Waals surface area contributed by atoms with Gasteiger partial charge >= 0.3 is 0 Å². The minimum Gasteiger partial charge on any atom is -0.232 e. The summed E-state index contributed by atoms with van der Waals surface area (Å²) in [5, 5.41) is 8.69. The van der Waals surface area contributed by atoms with Crippen molar-refractivity contribution in [3.8, 4) is 33.9 Å². The van der Waals surface area contributed by atoms with Crippen molar-refractivity contribution in [2.45, 2.75) is 46.5 Å². The summed E-state index contributed by atoms with van der Waals surface area (Å²) in [7, 11) is 2.12. The number of benzene rings is 3. The highest BCUT2D eigenvalue weighted by molar-refractivity contribution is 5.72. The second-order valence-electron chi connectivity index (χ2n) is 10.1. The Morgan fingerprint density at radius 2 is 1.42 bits per heavy atom. The molecule has 0 amide bonds. The minimum absolute atomic E-state index is 0.363. The van der Waals surface area contributed by atoms with Crippen LogP contribution in [0.3, 0.4) is 0 Å². The van der Waals surface area contributed by atoms with Crippen LogP contribution in [0.5, 0.6) is 0 Å². The molecule has 5 heteroatoms. The van der Waals surface area contributed by atoms with Crippen LogP contribution >= 0.6 is 0 Å². The Morgan fingerprint density at radius 1 is 0.778 bits per heavy atom. The van der Waals surface area contributed by atoms with Crippen LogP contribution in [0.1, 0.15) is 56.2 Å². The lowest BCUT2D eigenvalue weighted by atomic mass is 9.88. The first-order chi connectivity index (χ1) is 17.3. The standard InChI is InChI=1S/C31H34N5/c1-21(2)27-18-25(24-10-8-7-9-11-24)19-28(22(3)4)30(27)35-17-16-34(6)31(35)29-20-26(13-12-23(29)5)36-32-14-15-33-36/h7-22H,1-6H3/q+1. The molecule has 0 radical (unpaired) electrons. The molecular weight excluding hydrogens is 442 g/mol. The van der Waals surface area contributed by atoms with Gasteiger partial charge < -0.3 is 0 Å². The molecule has 3 aromatic carbocycles. The highest BCUT2D eigenvalue weighted by atomic mass is 15.5. The number of hydrogen-bond donors (Lipinski definition) is 0. The Morgan fingerprint density at radius 3 is 2.03 bits per heavy atom. The summed E-state index contributed by atoms with van der Waals surface area (Å²) in [6, 6.07) is 21.9. The number of nitrogens with zero attached hydrogens (tertiary/aromatic N) is 5. The van der Waals surface area contributed by atoms with Gasteiger partial charge in [-0.05, 0) is 59.7 Å². The fourth-order valence-corrected chi connectivity index (χ4v) is 4.94. The molecule has 0 bridgehead atoms. The van der Waals surface area contributed by atoms with E-state index in [9.17, 15) is 0 Å². The van der Waals surface area contributed by atoms with Crippen LogP contribution in [-0.2, 0) is 7.05 Å². The van der Waals surface area contributed by atoms with Gasteiger partial charge in [0.15, 0.2) is 0 Å². The second kappa shape index (κ2) is 9.57. The Kier molecular flexibility index (Phi) is 6.31. The fraction of sp³-hybridized carbons (Fsp3) is 0.258. The topological polar surface area (TPSA) is 39.5 Å². The normalized spacial score (nSPS) is 11.6. The molecule has 0 saturated carbocycles. The first-order valence-electron chi connectivity index (χ1n) is 12.6. The summed E-state index contributed by atoms with van der Waals surface area (Å²) in [4.78, 5) is 1.67. The van der Waals surface area contributed by atoms with Gasteiger partial charge in [-0.1, -0.05) is 64.1 Å². The molecule has 0 unspecified atom stereocenters. The lowest BCUT2D eigenvalue weighted by molar-refractivity contribution is -0.659. The molecule has 0 atom stereocenters. The predicted octanol–water partition coefficient (Wildman–Crippen LogP) is 6.77. The molecule has 2 aromatic heterocycles. The maximum atomic E-state index is 4.35. The zero-order valence-corrected chi connectivity index (χ0v) is 22.0. The van der Waals surface area contributed by atoms with Gasteiger partial charge in [0.2, 0.25) is 0 Å². The molecule has 0 aliphatic carbocycles. The average Bonchev–Trinajstić information content (AvgIpc) is 3.54. The molecule has 182 valence electrons. The fourth-order valence-electron chi connectivity index (χ4n) is 4.94. The van der Waals surface area contributed by atoms with Crippen molar-refractivity contribution in [1.82, 2.24) is 19.6 Å². The third-order valence-electron chi connectivity index (χ3n) is 6.87. The summed E-state index contributed by atoms with van der Waals surface area (Å²) in [5.41, 5.74) is 9.81. The Hall–Kier alpha value is -3.99. The number of rotatable bonds is 6. The van der Waals surface area contributed by atoms with E-state index in [2.05, 4.69) is 134 Å². The lowest BCUT2D eigenvalue weighted by Gasteiger charge is -2.20. The van der Waals surface area contributed by atoms with Gasteiger partial charge in [0, 0.05) is 11.1 Å².